The predicted octanol–water partition coefficient (Wildman–Crippen LogP) is 3.55. The second-order valence-electron chi connectivity index (χ2n) is 3.86. The third-order valence-corrected chi connectivity index (χ3v) is 3.26. The number of ether oxygens (including phenoxy) is 3. The molecule has 0 aliphatic carbocycles. The van der Waals surface area contributed by atoms with Crippen molar-refractivity contribution in [1.29, 1.82) is 0 Å². The third kappa shape index (κ3) is 3.22. The van der Waals surface area contributed by atoms with Crippen molar-refractivity contribution < 1.29 is 14.2 Å². The van der Waals surface area contributed by atoms with Crippen LogP contribution in [0.5, 0.6) is 17.2 Å². The van der Waals surface area contributed by atoms with E-state index in [1.165, 1.54) is 27.7 Å². The van der Waals surface area contributed by atoms with Gasteiger partial charge in [-0.05, 0) is 0 Å². The molecule has 1 aromatic heterocycles. The average Bonchev–Trinajstić information content (AvgIpc) is 2.48. The summed E-state index contributed by atoms with van der Waals surface area (Å²) in [6, 6.07) is 3.33. The van der Waals surface area contributed by atoms with Gasteiger partial charge < -0.3 is 19.5 Å². The lowest BCUT2D eigenvalue weighted by Crippen LogP contribution is -2.01. The minimum atomic E-state index is 0.204. The van der Waals surface area contributed by atoms with Crippen LogP contribution in [0.4, 0.5) is 11.5 Å². The lowest BCUT2D eigenvalue weighted by molar-refractivity contribution is 0.404. The first-order valence-electron chi connectivity index (χ1n) is 5.83. The number of hydrogen-bond acceptors (Lipinski definition) is 6. The molecular formula is C13H13Cl2N3O3. The Morgan fingerprint density at radius 2 is 1.67 bits per heavy atom. The summed E-state index contributed by atoms with van der Waals surface area (Å²) in [6.07, 6.45) is 1.33. The van der Waals surface area contributed by atoms with Gasteiger partial charge in [0.2, 0.25) is 0 Å². The number of halogens is 2. The van der Waals surface area contributed by atoms with Crippen LogP contribution in [0.3, 0.4) is 0 Å². The molecule has 1 N–H and O–H groups in total. The van der Waals surface area contributed by atoms with Gasteiger partial charge in [-0.1, -0.05) is 23.2 Å². The molecule has 2 rings (SSSR count). The van der Waals surface area contributed by atoms with E-state index in [4.69, 9.17) is 37.4 Å². The fourth-order valence-corrected chi connectivity index (χ4v) is 2.15. The van der Waals surface area contributed by atoms with Crippen LogP contribution in [0.15, 0.2) is 18.5 Å². The van der Waals surface area contributed by atoms with E-state index < -0.39 is 0 Å². The number of methoxy groups -OCH3 is 3. The molecule has 2 aromatic rings. The number of rotatable bonds is 5. The molecule has 112 valence electrons. The molecule has 0 bridgehead atoms. The molecule has 0 aliphatic heterocycles. The third-order valence-electron chi connectivity index (χ3n) is 2.69. The Morgan fingerprint density at radius 3 is 2.29 bits per heavy atom. The standard InChI is InChI=1S/C13H13Cl2N3O3/c1-19-9-5-8(10(20-2)4-7(9)14)18-13-11(21-3)12(15)16-6-17-13/h4-6H,1-3H3,(H,16,17,18). The van der Waals surface area contributed by atoms with Gasteiger partial charge in [0.15, 0.2) is 16.7 Å². The molecule has 0 saturated carbocycles. The molecule has 0 spiro atoms. The molecule has 0 unspecified atom stereocenters. The van der Waals surface area contributed by atoms with E-state index >= 15 is 0 Å². The number of nitrogens with one attached hydrogen (secondary N) is 1. The van der Waals surface area contributed by atoms with Crippen molar-refractivity contribution in [3.63, 3.8) is 0 Å². The smallest absolute Gasteiger partial charge is 0.199 e. The summed E-state index contributed by atoms with van der Waals surface area (Å²) in [4.78, 5) is 7.95. The molecule has 0 amide bonds. The van der Waals surface area contributed by atoms with Gasteiger partial charge in [0.1, 0.15) is 17.8 Å². The first-order chi connectivity index (χ1) is 10.1. The van der Waals surface area contributed by atoms with E-state index in [0.717, 1.165) is 0 Å². The Bertz CT molecular complexity index is 653. The van der Waals surface area contributed by atoms with Crippen LogP contribution in [0, 0.1) is 0 Å². The Morgan fingerprint density at radius 1 is 0.952 bits per heavy atom. The summed E-state index contributed by atoms with van der Waals surface area (Å²) in [5.74, 6) is 1.76. The molecule has 0 fully saturated rings. The van der Waals surface area contributed by atoms with Gasteiger partial charge >= 0.3 is 0 Å². The number of aromatic nitrogens is 2. The summed E-state index contributed by atoms with van der Waals surface area (Å²) in [5, 5.41) is 3.70. The first-order valence-corrected chi connectivity index (χ1v) is 6.59. The quantitative estimate of drug-likeness (QED) is 0.846. The molecule has 8 heteroatoms. The normalized spacial score (nSPS) is 10.1. The lowest BCUT2D eigenvalue weighted by Gasteiger charge is -2.15. The molecule has 0 radical (unpaired) electrons. The highest BCUT2D eigenvalue weighted by Gasteiger charge is 2.15. The van der Waals surface area contributed by atoms with Gasteiger partial charge in [-0.15, -0.1) is 0 Å². The fraction of sp³-hybridized carbons (Fsp3) is 0.231. The summed E-state index contributed by atoms with van der Waals surface area (Å²) in [6.45, 7) is 0. The van der Waals surface area contributed by atoms with E-state index in [0.29, 0.717) is 33.8 Å². The highest BCUT2D eigenvalue weighted by atomic mass is 35.5. The van der Waals surface area contributed by atoms with E-state index in [2.05, 4.69) is 15.3 Å². The monoisotopic (exact) mass is 329 g/mol. The lowest BCUT2D eigenvalue weighted by atomic mass is 10.2. The number of nitrogens with zero attached hydrogens (tertiary/aromatic N) is 2. The average molecular weight is 330 g/mol. The molecular weight excluding hydrogens is 317 g/mol. The van der Waals surface area contributed by atoms with Gasteiger partial charge in [0, 0.05) is 12.1 Å². The molecule has 1 heterocycles. The van der Waals surface area contributed by atoms with Gasteiger partial charge in [0.25, 0.3) is 0 Å². The maximum absolute atomic E-state index is 6.06. The summed E-state index contributed by atoms with van der Waals surface area (Å²) in [7, 11) is 4.54. The van der Waals surface area contributed by atoms with Crippen LogP contribution < -0.4 is 19.5 Å². The van der Waals surface area contributed by atoms with Gasteiger partial charge in [-0.3, -0.25) is 0 Å². The van der Waals surface area contributed by atoms with Crippen molar-refractivity contribution in [3.05, 3.63) is 28.6 Å². The highest BCUT2D eigenvalue weighted by Crippen LogP contribution is 2.39. The summed E-state index contributed by atoms with van der Waals surface area (Å²) < 4.78 is 15.7. The fourth-order valence-electron chi connectivity index (χ4n) is 1.71. The van der Waals surface area contributed by atoms with E-state index in [-0.39, 0.29) is 5.15 Å². The zero-order valence-electron chi connectivity index (χ0n) is 11.6. The maximum Gasteiger partial charge on any atom is 0.199 e. The van der Waals surface area contributed by atoms with Gasteiger partial charge in [0.05, 0.1) is 32.0 Å². The van der Waals surface area contributed by atoms with Crippen molar-refractivity contribution in [2.24, 2.45) is 0 Å². The molecule has 6 nitrogen and oxygen atoms in total. The maximum atomic E-state index is 6.06. The van der Waals surface area contributed by atoms with Gasteiger partial charge in [-0.25, -0.2) is 9.97 Å². The van der Waals surface area contributed by atoms with E-state index in [1.807, 2.05) is 0 Å². The van der Waals surface area contributed by atoms with Gasteiger partial charge in [-0.2, -0.15) is 0 Å². The largest absolute Gasteiger partial charge is 0.495 e. The van der Waals surface area contributed by atoms with Crippen molar-refractivity contribution in [2.45, 2.75) is 0 Å². The Kier molecular flexibility index (Phi) is 4.93. The second-order valence-corrected chi connectivity index (χ2v) is 4.62. The minimum Gasteiger partial charge on any atom is -0.495 e. The highest BCUT2D eigenvalue weighted by molar-refractivity contribution is 6.32. The van der Waals surface area contributed by atoms with Crippen LogP contribution in [-0.4, -0.2) is 31.3 Å². The van der Waals surface area contributed by atoms with E-state index in [1.54, 1.807) is 12.1 Å². The number of anilines is 2. The molecule has 0 aliphatic rings. The first kappa shape index (κ1) is 15.5. The van der Waals surface area contributed by atoms with Crippen LogP contribution in [-0.2, 0) is 0 Å². The van der Waals surface area contributed by atoms with E-state index in [9.17, 15) is 0 Å². The molecule has 0 atom stereocenters. The SMILES string of the molecule is COc1cc(Nc2ncnc(Cl)c2OC)c(OC)cc1Cl. The number of hydrogen-bond donors (Lipinski definition) is 1. The predicted molar refractivity (Wildman–Crippen MR) is 81.4 cm³/mol. The molecule has 1 aromatic carbocycles. The summed E-state index contributed by atoms with van der Waals surface area (Å²) in [5.41, 5.74) is 0.604. The molecule has 21 heavy (non-hydrogen) atoms. The Hall–Kier alpha value is -1.92. The molecule has 0 saturated heterocycles. The topological polar surface area (TPSA) is 65.5 Å². The van der Waals surface area contributed by atoms with Crippen molar-refractivity contribution in [3.8, 4) is 17.2 Å². The zero-order chi connectivity index (χ0) is 15.4. The van der Waals surface area contributed by atoms with Crippen molar-refractivity contribution in [2.75, 3.05) is 26.6 Å². The van der Waals surface area contributed by atoms with Crippen LogP contribution in [0.1, 0.15) is 0 Å². The van der Waals surface area contributed by atoms with Crippen LogP contribution in [0.2, 0.25) is 10.2 Å². The summed E-state index contributed by atoms with van der Waals surface area (Å²) >= 11 is 12.0. The Labute approximate surface area is 132 Å². The zero-order valence-corrected chi connectivity index (χ0v) is 13.1. The van der Waals surface area contributed by atoms with Crippen LogP contribution >= 0.6 is 23.2 Å². The van der Waals surface area contributed by atoms with Crippen molar-refractivity contribution in [1.82, 2.24) is 9.97 Å². The number of benzene rings is 1. The van der Waals surface area contributed by atoms with Crippen LogP contribution in [0.25, 0.3) is 0 Å². The Balaban J connectivity index is 2.46. The minimum absolute atomic E-state index is 0.204. The second kappa shape index (κ2) is 6.69. The van der Waals surface area contributed by atoms with Crippen molar-refractivity contribution >= 4 is 34.7 Å².